The third-order valence-corrected chi connectivity index (χ3v) is 3.02. The first-order valence-corrected chi connectivity index (χ1v) is 4.97. The van der Waals surface area contributed by atoms with Crippen molar-refractivity contribution in [2.75, 3.05) is 6.54 Å². The molecule has 2 aliphatic heterocycles. The number of hydrogen-bond acceptors (Lipinski definition) is 3. The number of guanidine groups is 1. The van der Waals surface area contributed by atoms with E-state index in [0.717, 1.165) is 12.2 Å². The molecule has 0 aliphatic carbocycles. The quantitative estimate of drug-likeness (QED) is 0.668. The smallest absolute Gasteiger partial charge is 0.197 e. The maximum atomic E-state index is 5.90. The van der Waals surface area contributed by atoms with Crippen LogP contribution in [-0.4, -0.2) is 17.4 Å². The average Bonchev–Trinajstić information content (AvgIpc) is 2.67. The number of rotatable bonds is 0. The molecule has 3 nitrogen and oxygen atoms in total. The molecule has 1 atom stereocenters. The molecule has 2 N–H and O–H groups in total. The van der Waals surface area contributed by atoms with Gasteiger partial charge < -0.3 is 10.6 Å². The van der Waals surface area contributed by atoms with Crippen LogP contribution in [0.1, 0.15) is 24.4 Å². The highest BCUT2D eigenvalue weighted by Gasteiger charge is 2.31. The average molecular weight is 186 g/mol. The van der Waals surface area contributed by atoms with Crippen LogP contribution in [0.2, 0.25) is 0 Å². The highest BCUT2D eigenvalue weighted by atomic mass is 15.3. The molecule has 1 aromatic carbocycles. The SMILES string of the molecule is NC1=Nc2c[c]ccc2C2CCCN12. The van der Waals surface area contributed by atoms with Crippen molar-refractivity contribution in [3.05, 3.63) is 29.8 Å². The van der Waals surface area contributed by atoms with Crippen LogP contribution in [0, 0.1) is 6.07 Å². The lowest BCUT2D eigenvalue weighted by atomic mass is 10.0. The highest BCUT2D eigenvalue weighted by Crippen LogP contribution is 2.39. The third kappa shape index (κ3) is 0.953. The summed E-state index contributed by atoms with van der Waals surface area (Å²) in [6.07, 6.45) is 2.40. The standard InChI is InChI=1S/C11H12N3/c12-11-13-9-5-2-1-4-8(9)10-6-3-7-14(10)11/h1,4-5,10H,3,6-7H2,(H2,12,13). The van der Waals surface area contributed by atoms with Crippen LogP contribution >= 0.6 is 0 Å². The van der Waals surface area contributed by atoms with Gasteiger partial charge in [0.1, 0.15) is 0 Å². The molecule has 3 heteroatoms. The van der Waals surface area contributed by atoms with Gasteiger partial charge in [0.25, 0.3) is 0 Å². The number of aliphatic imine (C=N–C) groups is 1. The van der Waals surface area contributed by atoms with Gasteiger partial charge in [-0.05, 0) is 25.0 Å². The molecule has 0 amide bonds. The first-order valence-electron chi connectivity index (χ1n) is 4.97. The maximum absolute atomic E-state index is 5.90. The molecule has 0 bridgehead atoms. The molecule has 3 rings (SSSR count). The fourth-order valence-electron chi connectivity index (χ4n) is 2.36. The van der Waals surface area contributed by atoms with Gasteiger partial charge in [0.2, 0.25) is 0 Å². The zero-order valence-corrected chi connectivity index (χ0v) is 7.90. The number of nitrogens with zero attached hydrogens (tertiary/aromatic N) is 2. The minimum Gasteiger partial charge on any atom is -0.369 e. The van der Waals surface area contributed by atoms with E-state index < -0.39 is 0 Å². The second-order valence-electron chi connectivity index (χ2n) is 3.81. The summed E-state index contributed by atoms with van der Waals surface area (Å²) in [6.45, 7) is 1.04. The zero-order chi connectivity index (χ0) is 9.54. The molecule has 2 heterocycles. The molecule has 0 aromatic heterocycles. The summed E-state index contributed by atoms with van der Waals surface area (Å²) in [5.74, 6) is 0.666. The van der Waals surface area contributed by atoms with Crippen LogP contribution in [0.4, 0.5) is 5.69 Å². The van der Waals surface area contributed by atoms with Crippen LogP contribution in [0.5, 0.6) is 0 Å². The summed E-state index contributed by atoms with van der Waals surface area (Å²) in [7, 11) is 0. The third-order valence-electron chi connectivity index (χ3n) is 3.02. The van der Waals surface area contributed by atoms with E-state index in [2.05, 4.69) is 22.0 Å². The van der Waals surface area contributed by atoms with Crippen molar-refractivity contribution in [3.8, 4) is 0 Å². The molecule has 1 fully saturated rings. The van der Waals surface area contributed by atoms with Gasteiger partial charge >= 0.3 is 0 Å². The number of nitrogens with two attached hydrogens (primary N) is 1. The Kier molecular flexibility index (Phi) is 1.54. The molecule has 1 saturated heterocycles. The molecular formula is C11H12N3. The monoisotopic (exact) mass is 186 g/mol. The van der Waals surface area contributed by atoms with E-state index >= 15 is 0 Å². The Hall–Kier alpha value is -1.51. The lowest BCUT2D eigenvalue weighted by Crippen LogP contribution is -2.38. The molecule has 1 radical (unpaired) electrons. The Labute approximate surface area is 83.2 Å². The van der Waals surface area contributed by atoms with Crippen molar-refractivity contribution >= 4 is 11.6 Å². The minimum absolute atomic E-state index is 0.456. The fourth-order valence-corrected chi connectivity index (χ4v) is 2.36. The molecule has 2 aliphatic rings. The Morgan fingerprint density at radius 1 is 1.57 bits per heavy atom. The van der Waals surface area contributed by atoms with Gasteiger partial charge in [-0.25, -0.2) is 4.99 Å². The largest absolute Gasteiger partial charge is 0.369 e. The second-order valence-corrected chi connectivity index (χ2v) is 3.81. The van der Waals surface area contributed by atoms with E-state index in [-0.39, 0.29) is 0 Å². The maximum Gasteiger partial charge on any atom is 0.197 e. The Balaban J connectivity index is 2.16. The molecule has 1 unspecified atom stereocenters. The van der Waals surface area contributed by atoms with E-state index in [1.807, 2.05) is 12.1 Å². The Morgan fingerprint density at radius 3 is 3.43 bits per heavy atom. The van der Waals surface area contributed by atoms with Gasteiger partial charge in [-0.1, -0.05) is 12.1 Å². The van der Waals surface area contributed by atoms with E-state index in [0.29, 0.717) is 12.0 Å². The van der Waals surface area contributed by atoms with Crippen molar-refractivity contribution in [1.82, 2.24) is 4.90 Å². The molecule has 0 saturated carbocycles. The van der Waals surface area contributed by atoms with Gasteiger partial charge in [-0.3, -0.25) is 0 Å². The molecule has 71 valence electrons. The summed E-state index contributed by atoms with van der Waals surface area (Å²) in [5.41, 5.74) is 8.19. The highest BCUT2D eigenvalue weighted by molar-refractivity contribution is 5.84. The Morgan fingerprint density at radius 2 is 2.50 bits per heavy atom. The summed E-state index contributed by atoms with van der Waals surface area (Å²) in [4.78, 5) is 6.57. The predicted octanol–water partition coefficient (Wildman–Crippen LogP) is 1.58. The van der Waals surface area contributed by atoms with Crippen molar-refractivity contribution in [1.29, 1.82) is 0 Å². The molecule has 0 spiro atoms. The van der Waals surface area contributed by atoms with E-state index in [4.69, 9.17) is 5.73 Å². The predicted molar refractivity (Wildman–Crippen MR) is 55.2 cm³/mol. The summed E-state index contributed by atoms with van der Waals surface area (Å²) < 4.78 is 0. The minimum atomic E-state index is 0.456. The summed E-state index contributed by atoms with van der Waals surface area (Å²) in [6, 6.07) is 9.47. The van der Waals surface area contributed by atoms with E-state index in [9.17, 15) is 0 Å². The topological polar surface area (TPSA) is 41.6 Å². The zero-order valence-electron chi connectivity index (χ0n) is 7.90. The van der Waals surface area contributed by atoms with Crippen LogP contribution in [0.25, 0.3) is 0 Å². The van der Waals surface area contributed by atoms with Crippen LogP contribution < -0.4 is 5.73 Å². The van der Waals surface area contributed by atoms with Gasteiger partial charge in [-0.2, -0.15) is 0 Å². The fraction of sp³-hybridized carbons (Fsp3) is 0.364. The van der Waals surface area contributed by atoms with Crippen molar-refractivity contribution in [2.24, 2.45) is 10.7 Å². The van der Waals surface area contributed by atoms with Crippen molar-refractivity contribution in [3.63, 3.8) is 0 Å². The van der Waals surface area contributed by atoms with Crippen LogP contribution in [-0.2, 0) is 0 Å². The number of hydrogen-bond donors (Lipinski definition) is 1. The molecule has 14 heavy (non-hydrogen) atoms. The first kappa shape index (κ1) is 7.85. The summed E-state index contributed by atoms with van der Waals surface area (Å²) in [5, 5.41) is 0. The molecule has 1 aromatic rings. The van der Waals surface area contributed by atoms with Gasteiger partial charge in [-0.15, -0.1) is 0 Å². The normalized spacial score (nSPS) is 24.1. The Bertz CT molecular complexity index is 397. The van der Waals surface area contributed by atoms with Crippen molar-refractivity contribution < 1.29 is 0 Å². The van der Waals surface area contributed by atoms with Crippen LogP contribution in [0.3, 0.4) is 0 Å². The lowest BCUT2D eigenvalue weighted by Gasteiger charge is -2.30. The van der Waals surface area contributed by atoms with Gasteiger partial charge in [0, 0.05) is 12.1 Å². The van der Waals surface area contributed by atoms with Gasteiger partial charge in [0.15, 0.2) is 5.96 Å². The van der Waals surface area contributed by atoms with E-state index in [1.54, 1.807) is 0 Å². The number of benzene rings is 1. The first-order chi connectivity index (χ1) is 6.86. The van der Waals surface area contributed by atoms with E-state index in [1.165, 1.54) is 18.4 Å². The molecular weight excluding hydrogens is 174 g/mol. The number of fused-ring (bicyclic) bond motifs is 3. The second kappa shape index (κ2) is 2.74. The van der Waals surface area contributed by atoms with Crippen molar-refractivity contribution in [2.45, 2.75) is 18.9 Å². The van der Waals surface area contributed by atoms with Crippen LogP contribution in [0.15, 0.2) is 23.2 Å². The lowest BCUT2D eigenvalue weighted by molar-refractivity contribution is 0.390. The summed E-state index contributed by atoms with van der Waals surface area (Å²) >= 11 is 0. The van der Waals surface area contributed by atoms with Gasteiger partial charge in [0.05, 0.1) is 11.7 Å².